The van der Waals surface area contributed by atoms with Gasteiger partial charge < -0.3 is 16.4 Å². The minimum Gasteiger partial charge on any atom is -0.382 e. The van der Waals surface area contributed by atoms with Crippen molar-refractivity contribution in [2.75, 3.05) is 23.7 Å². The van der Waals surface area contributed by atoms with Gasteiger partial charge in [-0.2, -0.15) is 18.3 Å². The number of benzene rings is 3. The monoisotopic (exact) mass is 477 g/mol. The van der Waals surface area contributed by atoms with Crippen LogP contribution in [-0.4, -0.2) is 32.8 Å². The molecule has 0 atom stereocenters. The molecular weight excluding hydrogens is 455 g/mol. The number of aromatic nitrogens is 4. The van der Waals surface area contributed by atoms with E-state index in [1.807, 2.05) is 42.5 Å². The van der Waals surface area contributed by atoms with E-state index < -0.39 is 11.7 Å². The van der Waals surface area contributed by atoms with Gasteiger partial charge in [-0.15, -0.1) is 0 Å². The minimum absolute atomic E-state index is 0.0404. The number of halogens is 3. The molecule has 0 amide bonds. The Morgan fingerprint density at radius 3 is 2.46 bits per heavy atom. The van der Waals surface area contributed by atoms with Gasteiger partial charge in [-0.3, -0.25) is 4.68 Å². The highest BCUT2D eigenvalue weighted by atomic mass is 19.4. The van der Waals surface area contributed by atoms with E-state index >= 15 is 0 Å². The lowest BCUT2D eigenvalue weighted by Gasteiger charge is -2.16. The quantitative estimate of drug-likeness (QED) is 0.307. The summed E-state index contributed by atoms with van der Waals surface area (Å²) in [6.07, 6.45) is -4.56. The van der Waals surface area contributed by atoms with E-state index in [4.69, 9.17) is 5.73 Å². The first kappa shape index (κ1) is 22.6. The lowest BCUT2D eigenvalue weighted by atomic mass is 10.1. The van der Waals surface area contributed by atoms with E-state index in [0.717, 1.165) is 17.0 Å². The number of rotatable bonds is 6. The molecule has 0 fully saturated rings. The maximum absolute atomic E-state index is 13.8. The molecule has 0 radical (unpaired) electrons. The molecule has 0 aliphatic carbocycles. The molecule has 0 unspecified atom stereocenters. The van der Waals surface area contributed by atoms with Crippen molar-refractivity contribution in [3.63, 3.8) is 0 Å². The third-order valence-electron chi connectivity index (χ3n) is 5.64. The van der Waals surface area contributed by atoms with Crippen molar-refractivity contribution in [3.05, 3.63) is 72.3 Å². The number of fused-ring (bicyclic) bond motifs is 2. The first-order chi connectivity index (χ1) is 16.9. The Bertz CT molecular complexity index is 1530. The lowest BCUT2D eigenvalue weighted by Crippen LogP contribution is -2.14. The Morgan fingerprint density at radius 2 is 1.66 bits per heavy atom. The second kappa shape index (κ2) is 8.88. The van der Waals surface area contributed by atoms with Crippen LogP contribution in [0.25, 0.3) is 33.2 Å². The number of nitrogens with one attached hydrogen (secondary N) is 2. The van der Waals surface area contributed by atoms with Crippen molar-refractivity contribution < 1.29 is 13.2 Å². The zero-order valence-corrected chi connectivity index (χ0v) is 18.8. The molecule has 0 saturated carbocycles. The first-order valence-electron chi connectivity index (χ1n) is 11.0. The highest BCUT2D eigenvalue weighted by Gasteiger charge is 2.34. The van der Waals surface area contributed by atoms with Crippen LogP contribution in [0.4, 0.5) is 30.5 Å². The summed E-state index contributed by atoms with van der Waals surface area (Å²) >= 11 is 0. The Balaban J connectivity index is 1.75. The summed E-state index contributed by atoms with van der Waals surface area (Å²) < 4.78 is 43.1. The van der Waals surface area contributed by atoms with Crippen molar-refractivity contribution in [2.45, 2.75) is 6.18 Å². The Kier molecular flexibility index (Phi) is 5.73. The smallest absolute Gasteiger partial charge is 0.382 e. The van der Waals surface area contributed by atoms with Gasteiger partial charge in [-0.1, -0.05) is 36.4 Å². The number of hydrogen-bond donors (Lipinski definition) is 3. The first-order valence-corrected chi connectivity index (χ1v) is 11.0. The summed E-state index contributed by atoms with van der Waals surface area (Å²) in [6, 6.07) is 18.4. The summed E-state index contributed by atoms with van der Waals surface area (Å²) in [5, 5.41) is 12.5. The van der Waals surface area contributed by atoms with E-state index in [1.165, 1.54) is 12.1 Å². The molecule has 5 aromatic rings. The van der Waals surface area contributed by atoms with Crippen molar-refractivity contribution >= 4 is 39.1 Å². The number of nitrogens with two attached hydrogens (primary N) is 1. The lowest BCUT2D eigenvalue weighted by molar-refractivity contribution is -0.137. The number of aryl methyl sites for hydroxylation is 1. The molecular formula is C25H22F3N7. The Hall–Kier alpha value is -4.18. The van der Waals surface area contributed by atoms with E-state index in [-0.39, 0.29) is 11.4 Å². The number of hydrogen-bond acceptors (Lipinski definition) is 6. The van der Waals surface area contributed by atoms with Crippen LogP contribution >= 0.6 is 0 Å². The molecule has 3 aromatic carbocycles. The van der Waals surface area contributed by atoms with Crippen molar-refractivity contribution in [2.24, 2.45) is 12.8 Å². The summed E-state index contributed by atoms with van der Waals surface area (Å²) in [5.74, 6) is 0.990. The molecule has 4 N–H and O–H groups in total. The highest BCUT2D eigenvalue weighted by molar-refractivity contribution is 6.01. The molecule has 35 heavy (non-hydrogen) atoms. The zero-order valence-electron chi connectivity index (χ0n) is 18.8. The van der Waals surface area contributed by atoms with Gasteiger partial charge >= 0.3 is 6.18 Å². The SMILES string of the molecule is Cn1nc2ccccc2c1Nc1nc(-c2ccccc2C(F)(F)F)nc2c(NCCN)cccc12. The molecule has 7 nitrogen and oxygen atoms in total. The summed E-state index contributed by atoms with van der Waals surface area (Å²) in [5.41, 5.74) is 6.67. The van der Waals surface area contributed by atoms with Crippen LogP contribution in [0.15, 0.2) is 66.7 Å². The second-order valence-electron chi connectivity index (χ2n) is 7.97. The standard InChI is InChI=1S/C25H22F3N7/c1-35-24(16-8-3-5-11-19(16)34-35)33-23-17-9-6-12-20(30-14-13-29)21(17)31-22(32-23)15-7-2-4-10-18(15)25(26,27)28/h2-12,30H,13-14,29H2,1H3,(H,31,32,33). The topological polar surface area (TPSA) is 93.7 Å². The van der Waals surface area contributed by atoms with Gasteiger partial charge in [0, 0.05) is 36.5 Å². The van der Waals surface area contributed by atoms with Crippen LogP contribution in [0.1, 0.15) is 5.56 Å². The molecule has 2 aromatic heterocycles. The van der Waals surface area contributed by atoms with E-state index in [2.05, 4.69) is 25.7 Å². The predicted octanol–water partition coefficient (Wildman–Crippen LogP) is 5.32. The average Bonchev–Trinajstić information content (AvgIpc) is 3.17. The zero-order chi connectivity index (χ0) is 24.6. The second-order valence-corrected chi connectivity index (χ2v) is 7.97. The molecule has 0 saturated heterocycles. The van der Waals surface area contributed by atoms with Gasteiger partial charge in [0.25, 0.3) is 0 Å². The molecule has 0 aliphatic rings. The van der Waals surface area contributed by atoms with Gasteiger partial charge in [-0.05, 0) is 30.3 Å². The predicted molar refractivity (Wildman–Crippen MR) is 132 cm³/mol. The summed E-state index contributed by atoms with van der Waals surface area (Å²) in [6.45, 7) is 0.865. The van der Waals surface area contributed by atoms with E-state index in [0.29, 0.717) is 41.3 Å². The van der Waals surface area contributed by atoms with E-state index in [1.54, 1.807) is 17.8 Å². The number of anilines is 3. The Morgan fingerprint density at radius 1 is 0.914 bits per heavy atom. The molecule has 10 heteroatoms. The summed E-state index contributed by atoms with van der Waals surface area (Å²) in [7, 11) is 1.79. The Labute approximate surface area is 198 Å². The average molecular weight is 477 g/mol. The van der Waals surface area contributed by atoms with Crippen LogP contribution in [-0.2, 0) is 13.2 Å². The molecule has 0 aliphatic heterocycles. The summed E-state index contributed by atoms with van der Waals surface area (Å²) in [4.78, 5) is 9.14. The van der Waals surface area contributed by atoms with Gasteiger partial charge in [0.2, 0.25) is 0 Å². The van der Waals surface area contributed by atoms with Crippen molar-refractivity contribution in [3.8, 4) is 11.4 Å². The van der Waals surface area contributed by atoms with Crippen molar-refractivity contribution in [1.82, 2.24) is 19.7 Å². The van der Waals surface area contributed by atoms with Gasteiger partial charge in [0.1, 0.15) is 11.6 Å². The molecule has 2 heterocycles. The van der Waals surface area contributed by atoms with Crippen LogP contribution in [0.2, 0.25) is 0 Å². The largest absolute Gasteiger partial charge is 0.417 e. The fourth-order valence-electron chi connectivity index (χ4n) is 4.05. The number of alkyl halides is 3. The minimum atomic E-state index is -4.56. The fraction of sp³-hybridized carbons (Fsp3) is 0.160. The highest BCUT2D eigenvalue weighted by Crippen LogP contribution is 2.38. The number of para-hydroxylation sites is 1. The number of nitrogens with zero attached hydrogens (tertiary/aromatic N) is 4. The third-order valence-corrected chi connectivity index (χ3v) is 5.64. The molecule has 0 bridgehead atoms. The normalized spacial score (nSPS) is 11.8. The third kappa shape index (κ3) is 4.24. The van der Waals surface area contributed by atoms with Gasteiger partial charge in [0.15, 0.2) is 5.82 Å². The van der Waals surface area contributed by atoms with Crippen molar-refractivity contribution in [1.29, 1.82) is 0 Å². The molecule has 178 valence electrons. The van der Waals surface area contributed by atoms with Crippen LogP contribution in [0, 0.1) is 0 Å². The fourth-order valence-corrected chi connectivity index (χ4v) is 4.05. The maximum Gasteiger partial charge on any atom is 0.417 e. The van der Waals surface area contributed by atoms with E-state index in [9.17, 15) is 13.2 Å². The van der Waals surface area contributed by atoms with Crippen LogP contribution in [0.3, 0.4) is 0 Å². The van der Waals surface area contributed by atoms with Crippen LogP contribution in [0.5, 0.6) is 0 Å². The molecule has 0 spiro atoms. The van der Waals surface area contributed by atoms with Gasteiger partial charge in [-0.25, -0.2) is 9.97 Å². The maximum atomic E-state index is 13.8. The van der Waals surface area contributed by atoms with Crippen LogP contribution < -0.4 is 16.4 Å². The molecule has 5 rings (SSSR count). The van der Waals surface area contributed by atoms with Gasteiger partial charge in [0.05, 0.1) is 22.3 Å².